The van der Waals surface area contributed by atoms with E-state index < -0.39 is 0 Å². The highest BCUT2D eigenvalue weighted by atomic mass is 16.2. The maximum absolute atomic E-state index is 12.4. The number of nitrogens with one attached hydrogen (secondary N) is 2. The molecule has 0 atom stereocenters. The fourth-order valence-electron chi connectivity index (χ4n) is 3.18. The standard InChI is InChI=1S/C24H24N4O/c1-24(2,3)18-10-12-19(13-11-18)25-23(29)26-20-8-6-7-17(15-20)21-16-28-14-5-4-9-22(28)27-21/h4-16H,1-3H3,(H2,25,26,29). The molecule has 2 N–H and O–H groups in total. The fraction of sp³-hybridized carbons (Fsp3) is 0.167. The minimum absolute atomic E-state index is 0.0825. The first-order valence-electron chi connectivity index (χ1n) is 9.61. The first-order chi connectivity index (χ1) is 13.9. The van der Waals surface area contributed by atoms with Crippen molar-refractivity contribution < 1.29 is 4.79 Å². The summed E-state index contributed by atoms with van der Waals surface area (Å²) in [6.07, 6.45) is 3.94. The molecule has 0 fully saturated rings. The first-order valence-corrected chi connectivity index (χ1v) is 9.61. The van der Waals surface area contributed by atoms with Crippen LogP contribution in [0.15, 0.2) is 79.1 Å². The molecule has 4 aromatic rings. The second-order valence-electron chi connectivity index (χ2n) is 8.08. The van der Waals surface area contributed by atoms with Crippen LogP contribution >= 0.6 is 0 Å². The predicted molar refractivity (Wildman–Crippen MR) is 118 cm³/mol. The molecular weight excluding hydrogens is 360 g/mol. The van der Waals surface area contributed by atoms with Gasteiger partial charge < -0.3 is 15.0 Å². The van der Waals surface area contributed by atoms with Crippen LogP contribution in [0.4, 0.5) is 16.2 Å². The number of fused-ring (bicyclic) bond motifs is 1. The van der Waals surface area contributed by atoms with E-state index in [0.717, 1.165) is 22.6 Å². The fourth-order valence-corrected chi connectivity index (χ4v) is 3.18. The Balaban J connectivity index is 1.47. The van der Waals surface area contributed by atoms with Gasteiger partial charge in [-0.05, 0) is 47.4 Å². The quantitative estimate of drug-likeness (QED) is 0.459. The van der Waals surface area contributed by atoms with Gasteiger partial charge in [0.1, 0.15) is 5.65 Å². The molecule has 0 spiro atoms. The molecular formula is C24H24N4O. The lowest BCUT2D eigenvalue weighted by Crippen LogP contribution is -2.19. The average molecular weight is 384 g/mol. The van der Waals surface area contributed by atoms with Crippen LogP contribution in [0.25, 0.3) is 16.9 Å². The largest absolute Gasteiger partial charge is 0.323 e. The summed E-state index contributed by atoms with van der Waals surface area (Å²) in [6, 6.07) is 21.2. The molecule has 146 valence electrons. The molecule has 2 aromatic heterocycles. The van der Waals surface area contributed by atoms with Gasteiger partial charge in [0.15, 0.2) is 0 Å². The number of anilines is 2. The molecule has 2 heterocycles. The second kappa shape index (κ2) is 7.43. The van der Waals surface area contributed by atoms with Gasteiger partial charge in [-0.15, -0.1) is 0 Å². The summed E-state index contributed by atoms with van der Waals surface area (Å²) in [5, 5.41) is 5.77. The molecule has 0 aliphatic heterocycles. The number of nitrogens with zero attached hydrogens (tertiary/aromatic N) is 2. The highest BCUT2D eigenvalue weighted by Gasteiger charge is 2.13. The van der Waals surface area contributed by atoms with Gasteiger partial charge in [-0.1, -0.05) is 51.1 Å². The average Bonchev–Trinajstić information content (AvgIpc) is 3.12. The third-order valence-electron chi connectivity index (χ3n) is 4.79. The molecule has 2 aromatic carbocycles. The van der Waals surface area contributed by atoms with Gasteiger partial charge in [0.2, 0.25) is 0 Å². The van der Waals surface area contributed by atoms with E-state index in [9.17, 15) is 4.79 Å². The van der Waals surface area contributed by atoms with Crippen molar-refractivity contribution in [1.82, 2.24) is 9.38 Å². The van der Waals surface area contributed by atoms with Gasteiger partial charge >= 0.3 is 6.03 Å². The molecule has 2 amide bonds. The zero-order chi connectivity index (χ0) is 20.4. The van der Waals surface area contributed by atoms with E-state index in [1.807, 2.05) is 83.5 Å². The summed E-state index contributed by atoms with van der Waals surface area (Å²) < 4.78 is 1.98. The van der Waals surface area contributed by atoms with Crippen molar-refractivity contribution >= 4 is 23.1 Å². The van der Waals surface area contributed by atoms with Crippen LogP contribution in [0, 0.1) is 0 Å². The van der Waals surface area contributed by atoms with Crippen LogP contribution in [0.5, 0.6) is 0 Å². The summed E-state index contributed by atoms with van der Waals surface area (Å²) in [4.78, 5) is 17.0. The van der Waals surface area contributed by atoms with Gasteiger partial charge in [0.05, 0.1) is 5.69 Å². The monoisotopic (exact) mass is 384 g/mol. The molecule has 0 aliphatic carbocycles. The Bertz CT molecular complexity index is 1120. The van der Waals surface area contributed by atoms with Gasteiger partial charge in [-0.2, -0.15) is 0 Å². The van der Waals surface area contributed by atoms with Crippen LogP contribution < -0.4 is 10.6 Å². The number of pyridine rings is 1. The van der Waals surface area contributed by atoms with Crippen molar-refractivity contribution in [2.24, 2.45) is 0 Å². The van der Waals surface area contributed by atoms with Gasteiger partial charge in [0.25, 0.3) is 0 Å². The summed E-state index contributed by atoms with van der Waals surface area (Å²) in [6.45, 7) is 6.49. The zero-order valence-corrected chi connectivity index (χ0v) is 16.8. The molecule has 0 saturated carbocycles. The molecule has 0 aliphatic rings. The van der Waals surface area contributed by atoms with Crippen molar-refractivity contribution in [2.45, 2.75) is 26.2 Å². The first kappa shape index (κ1) is 18.7. The van der Waals surface area contributed by atoms with Crippen molar-refractivity contribution in [3.8, 4) is 11.3 Å². The third kappa shape index (κ3) is 4.29. The maximum atomic E-state index is 12.4. The summed E-state index contributed by atoms with van der Waals surface area (Å²) in [5.74, 6) is 0. The predicted octanol–water partition coefficient (Wildman–Crippen LogP) is 5.94. The number of imidazole rings is 1. The zero-order valence-electron chi connectivity index (χ0n) is 16.8. The Morgan fingerprint density at radius 1 is 0.897 bits per heavy atom. The van der Waals surface area contributed by atoms with E-state index in [-0.39, 0.29) is 11.4 Å². The minimum atomic E-state index is -0.277. The van der Waals surface area contributed by atoms with Crippen LogP contribution in [0.1, 0.15) is 26.3 Å². The number of benzene rings is 2. The SMILES string of the molecule is CC(C)(C)c1ccc(NC(=O)Nc2cccc(-c3cn4ccccc4n3)c2)cc1. The Morgan fingerprint density at radius 2 is 1.66 bits per heavy atom. The van der Waals surface area contributed by atoms with Crippen LogP contribution in [-0.2, 0) is 5.41 Å². The summed E-state index contributed by atoms with van der Waals surface area (Å²) in [7, 11) is 0. The minimum Gasteiger partial charge on any atom is -0.308 e. The van der Waals surface area contributed by atoms with Crippen LogP contribution in [0.2, 0.25) is 0 Å². The smallest absolute Gasteiger partial charge is 0.308 e. The van der Waals surface area contributed by atoms with Crippen LogP contribution in [0.3, 0.4) is 0 Å². The number of carbonyl (C=O) groups excluding carboxylic acids is 1. The van der Waals surface area contributed by atoms with Crippen molar-refractivity contribution in [3.63, 3.8) is 0 Å². The maximum Gasteiger partial charge on any atom is 0.323 e. The lowest BCUT2D eigenvalue weighted by Gasteiger charge is -2.19. The highest BCUT2D eigenvalue weighted by molar-refractivity contribution is 6.00. The number of rotatable bonds is 3. The van der Waals surface area contributed by atoms with Crippen molar-refractivity contribution in [3.05, 3.63) is 84.7 Å². The van der Waals surface area contributed by atoms with E-state index in [0.29, 0.717) is 5.69 Å². The summed E-state index contributed by atoms with van der Waals surface area (Å²) in [5.41, 5.74) is 5.47. The molecule has 5 heteroatoms. The molecule has 4 rings (SSSR count). The lowest BCUT2D eigenvalue weighted by atomic mass is 9.87. The van der Waals surface area contributed by atoms with Crippen LogP contribution in [-0.4, -0.2) is 15.4 Å². The van der Waals surface area contributed by atoms with E-state index in [2.05, 4.69) is 36.4 Å². The number of amides is 2. The Hall–Kier alpha value is -3.60. The molecule has 0 saturated heterocycles. The Morgan fingerprint density at radius 3 is 2.38 bits per heavy atom. The number of carbonyl (C=O) groups is 1. The molecule has 0 unspecified atom stereocenters. The molecule has 29 heavy (non-hydrogen) atoms. The Labute approximate surface area is 170 Å². The van der Waals surface area contributed by atoms with Gasteiger partial charge in [-0.25, -0.2) is 9.78 Å². The van der Waals surface area contributed by atoms with E-state index in [1.54, 1.807) is 0 Å². The second-order valence-corrected chi connectivity index (χ2v) is 8.08. The molecule has 0 radical (unpaired) electrons. The number of urea groups is 1. The normalized spacial score (nSPS) is 11.4. The van der Waals surface area contributed by atoms with Crippen molar-refractivity contribution in [1.29, 1.82) is 0 Å². The molecule has 0 bridgehead atoms. The lowest BCUT2D eigenvalue weighted by molar-refractivity contribution is 0.262. The number of aromatic nitrogens is 2. The van der Waals surface area contributed by atoms with E-state index >= 15 is 0 Å². The highest BCUT2D eigenvalue weighted by Crippen LogP contribution is 2.24. The molecule has 5 nitrogen and oxygen atoms in total. The topological polar surface area (TPSA) is 58.4 Å². The van der Waals surface area contributed by atoms with Crippen molar-refractivity contribution in [2.75, 3.05) is 10.6 Å². The van der Waals surface area contributed by atoms with Gasteiger partial charge in [0, 0.05) is 29.3 Å². The summed E-state index contributed by atoms with van der Waals surface area (Å²) >= 11 is 0. The third-order valence-corrected chi connectivity index (χ3v) is 4.79. The van der Waals surface area contributed by atoms with E-state index in [4.69, 9.17) is 0 Å². The number of hydrogen-bond acceptors (Lipinski definition) is 2. The Kier molecular flexibility index (Phi) is 4.80. The van der Waals surface area contributed by atoms with E-state index in [1.165, 1.54) is 5.56 Å². The van der Waals surface area contributed by atoms with Gasteiger partial charge in [-0.3, -0.25) is 0 Å². The number of hydrogen-bond donors (Lipinski definition) is 2.